The lowest BCUT2D eigenvalue weighted by Gasteiger charge is -2.27. The van der Waals surface area contributed by atoms with Gasteiger partial charge in [-0.25, -0.2) is 9.18 Å². The Morgan fingerprint density at radius 1 is 1.13 bits per heavy atom. The minimum Gasteiger partial charge on any atom is -0.477 e. The SMILES string of the molecule is Cc1ccc2c(CNC3CCC(C)CC3)c(C(=O)O)n(Cc3ccc(F)cc3)c2c1. The van der Waals surface area contributed by atoms with Crippen LogP contribution in [0.1, 0.15) is 59.8 Å². The molecule has 0 aliphatic heterocycles. The first-order valence-corrected chi connectivity index (χ1v) is 10.7. The van der Waals surface area contributed by atoms with Crippen molar-refractivity contribution in [1.29, 1.82) is 0 Å². The van der Waals surface area contributed by atoms with Crippen LogP contribution in [0.2, 0.25) is 0 Å². The zero-order chi connectivity index (χ0) is 21.3. The average Bonchev–Trinajstić information content (AvgIpc) is 3.02. The fourth-order valence-electron chi connectivity index (χ4n) is 4.60. The number of nitrogens with zero attached hydrogens (tertiary/aromatic N) is 1. The molecule has 5 heteroatoms. The number of aromatic nitrogens is 1. The van der Waals surface area contributed by atoms with Crippen molar-refractivity contribution in [2.24, 2.45) is 5.92 Å². The van der Waals surface area contributed by atoms with Gasteiger partial charge in [-0.05, 0) is 67.9 Å². The number of carboxylic acids is 1. The molecule has 1 heterocycles. The Balaban J connectivity index is 1.72. The molecular formula is C25H29FN2O2. The van der Waals surface area contributed by atoms with Crippen LogP contribution in [0.4, 0.5) is 4.39 Å². The molecule has 30 heavy (non-hydrogen) atoms. The maximum Gasteiger partial charge on any atom is 0.352 e. The topological polar surface area (TPSA) is 54.3 Å². The van der Waals surface area contributed by atoms with Gasteiger partial charge in [-0.2, -0.15) is 0 Å². The van der Waals surface area contributed by atoms with Gasteiger partial charge in [0.25, 0.3) is 0 Å². The van der Waals surface area contributed by atoms with Gasteiger partial charge in [-0.1, -0.05) is 31.2 Å². The molecule has 0 radical (unpaired) electrons. The second kappa shape index (κ2) is 8.60. The highest BCUT2D eigenvalue weighted by Gasteiger charge is 2.24. The molecule has 158 valence electrons. The monoisotopic (exact) mass is 408 g/mol. The Morgan fingerprint density at radius 2 is 1.83 bits per heavy atom. The molecule has 1 aliphatic rings. The van der Waals surface area contributed by atoms with E-state index in [0.29, 0.717) is 24.8 Å². The lowest BCUT2D eigenvalue weighted by Crippen LogP contribution is -2.32. The molecule has 3 aromatic rings. The maximum absolute atomic E-state index is 13.3. The van der Waals surface area contributed by atoms with Crippen molar-refractivity contribution in [2.75, 3.05) is 0 Å². The molecule has 0 amide bonds. The van der Waals surface area contributed by atoms with E-state index < -0.39 is 5.97 Å². The molecule has 2 aromatic carbocycles. The predicted octanol–water partition coefficient (Wildman–Crippen LogP) is 5.50. The van der Waals surface area contributed by atoms with Gasteiger partial charge < -0.3 is 15.0 Å². The summed E-state index contributed by atoms with van der Waals surface area (Å²) in [4.78, 5) is 12.3. The van der Waals surface area contributed by atoms with Crippen LogP contribution in [-0.4, -0.2) is 21.7 Å². The highest BCUT2D eigenvalue weighted by molar-refractivity contribution is 5.98. The zero-order valence-corrected chi connectivity index (χ0v) is 17.6. The minimum atomic E-state index is -0.931. The Kier molecular flexibility index (Phi) is 5.91. The number of carboxylic acid groups (broad SMARTS) is 1. The van der Waals surface area contributed by atoms with Crippen molar-refractivity contribution in [3.63, 3.8) is 0 Å². The van der Waals surface area contributed by atoms with E-state index in [4.69, 9.17) is 0 Å². The standard InChI is InChI=1S/C25H29FN2O2/c1-16-3-10-20(11-4-16)27-14-22-21-12-5-17(2)13-23(21)28(24(22)25(29)30)15-18-6-8-19(26)9-7-18/h5-9,12-13,16,20,27H,3-4,10-11,14-15H2,1-2H3,(H,29,30). The molecule has 2 N–H and O–H groups in total. The van der Waals surface area contributed by atoms with E-state index in [1.54, 1.807) is 12.1 Å². The number of halogens is 1. The zero-order valence-electron chi connectivity index (χ0n) is 17.6. The Hall–Kier alpha value is -2.66. The molecule has 0 bridgehead atoms. The van der Waals surface area contributed by atoms with E-state index in [1.165, 1.54) is 25.0 Å². The van der Waals surface area contributed by atoms with Gasteiger partial charge in [0, 0.05) is 35.6 Å². The van der Waals surface area contributed by atoms with Crippen LogP contribution >= 0.6 is 0 Å². The van der Waals surface area contributed by atoms with Crippen molar-refractivity contribution in [2.45, 2.75) is 58.7 Å². The van der Waals surface area contributed by atoms with Crippen LogP contribution in [0.5, 0.6) is 0 Å². The number of nitrogens with one attached hydrogen (secondary N) is 1. The molecule has 0 saturated heterocycles. The number of carbonyl (C=O) groups is 1. The molecule has 4 nitrogen and oxygen atoms in total. The lowest BCUT2D eigenvalue weighted by molar-refractivity contribution is 0.0684. The second-order valence-corrected chi connectivity index (χ2v) is 8.70. The van der Waals surface area contributed by atoms with Gasteiger partial charge in [0.05, 0.1) is 0 Å². The number of hydrogen-bond acceptors (Lipinski definition) is 2. The number of fused-ring (bicyclic) bond motifs is 1. The summed E-state index contributed by atoms with van der Waals surface area (Å²) in [6.07, 6.45) is 4.71. The molecule has 1 fully saturated rings. The summed E-state index contributed by atoms with van der Waals surface area (Å²) in [7, 11) is 0. The van der Waals surface area contributed by atoms with Crippen molar-refractivity contribution < 1.29 is 14.3 Å². The minimum absolute atomic E-state index is 0.294. The van der Waals surface area contributed by atoms with E-state index >= 15 is 0 Å². The highest BCUT2D eigenvalue weighted by atomic mass is 19.1. The van der Waals surface area contributed by atoms with Crippen LogP contribution in [0.15, 0.2) is 42.5 Å². The number of hydrogen-bond donors (Lipinski definition) is 2. The van der Waals surface area contributed by atoms with E-state index in [0.717, 1.165) is 46.4 Å². The third-order valence-corrected chi connectivity index (χ3v) is 6.36. The van der Waals surface area contributed by atoms with Crippen LogP contribution in [0.3, 0.4) is 0 Å². The molecule has 0 atom stereocenters. The lowest BCUT2D eigenvalue weighted by atomic mass is 9.87. The van der Waals surface area contributed by atoms with Crippen molar-refractivity contribution >= 4 is 16.9 Å². The van der Waals surface area contributed by atoms with Crippen LogP contribution in [0, 0.1) is 18.7 Å². The number of aryl methyl sites for hydroxylation is 1. The Morgan fingerprint density at radius 3 is 2.50 bits per heavy atom. The van der Waals surface area contributed by atoms with Crippen LogP contribution in [0.25, 0.3) is 10.9 Å². The number of aromatic carboxylic acids is 1. The smallest absolute Gasteiger partial charge is 0.352 e. The summed E-state index contributed by atoms with van der Waals surface area (Å²) >= 11 is 0. The first-order valence-electron chi connectivity index (χ1n) is 10.7. The van der Waals surface area contributed by atoms with Gasteiger partial charge in [-0.3, -0.25) is 0 Å². The Bertz CT molecular complexity index is 1050. The Labute approximate surface area is 176 Å². The van der Waals surface area contributed by atoms with Gasteiger partial charge in [0.1, 0.15) is 11.5 Å². The van der Waals surface area contributed by atoms with Gasteiger partial charge in [-0.15, -0.1) is 0 Å². The first-order chi connectivity index (χ1) is 14.4. The van der Waals surface area contributed by atoms with Gasteiger partial charge in [0.15, 0.2) is 0 Å². The summed E-state index contributed by atoms with van der Waals surface area (Å²) in [5.41, 5.74) is 4.01. The summed E-state index contributed by atoms with van der Waals surface area (Å²) in [6, 6.07) is 12.8. The first kappa shape index (κ1) is 20.6. The third kappa shape index (κ3) is 4.26. The van der Waals surface area contributed by atoms with E-state index in [9.17, 15) is 14.3 Å². The molecule has 1 aliphatic carbocycles. The predicted molar refractivity (Wildman–Crippen MR) is 117 cm³/mol. The average molecular weight is 409 g/mol. The fourth-order valence-corrected chi connectivity index (χ4v) is 4.60. The summed E-state index contributed by atoms with van der Waals surface area (Å²) in [5, 5.41) is 14.7. The summed E-state index contributed by atoms with van der Waals surface area (Å²) < 4.78 is 15.2. The molecule has 0 unspecified atom stereocenters. The maximum atomic E-state index is 13.3. The molecule has 0 spiro atoms. The van der Waals surface area contributed by atoms with E-state index in [1.807, 2.05) is 29.7 Å². The molecule has 1 saturated carbocycles. The molecule has 1 aromatic heterocycles. The van der Waals surface area contributed by atoms with Crippen molar-refractivity contribution in [3.05, 3.63) is 70.7 Å². The van der Waals surface area contributed by atoms with Gasteiger partial charge in [0.2, 0.25) is 0 Å². The third-order valence-electron chi connectivity index (χ3n) is 6.36. The molecular weight excluding hydrogens is 379 g/mol. The summed E-state index contributed by atoms with van der Waals surface area (Å²) in [6.45, 7) is 5.24. The van der Waals surface area contributed by atoms with Crippen molar-refractivity contribution in [3.8, 4) is 0 Å². The van der Waals surface area contributed by atoms with Crippen LogP contribution < -0.4 is 5.32 Å². The van der Waals surface area contributed by atoms with E-state index in [-0.39, 0.29) is 5.82 Å². The van der Waals surface area contributed by atoms with Gasteiger partial charge >= 0.3 is 5.97 Å². The second-order valence-electron chi connectivity index (χ2n) is 8.70. The number of rotatable bonds is 6. The largest absolute Gasteiger partial charge is 0.477 e. The quantitative estimate of drug-likeness (QED) is 0.566. The highest BCUT2D eigenvalue weighted by Crippen LogP contribution is 2.30. The van der Waals surface area contributed by atoms with E-state index in [2.05, 4.69) is 12.2 Å². The summed E-state index contributed by atoms with van der Waals surface area (Å²) in [5.74, 6) is -0.449. The molecule has 4 rings (SSSR count). The number of benzene rings is 2. The normalized spacial score (nSPS) is 19.3. The van der Waals surface area contributed by atoms with Crippen molar-refractivity contribution in [1.82, 2.24) is 9.88 Å². The van der Waals surface area contributed by atoms with Crippen LogP contribution in [-0.2, 0) is 13.1 Å². The fraction of sp³-hybridized carbons (Fsp3) is 0.400.